The molecule has 4 rings (SSSR count). The third-order valence-corrected chi connectivity index (χ3v) is 5.34. The van der Waals surface area contributed by atoms with Crippen LogP contribution in [0.3, 0.4) is 0 Å². The van der Waals surface area contributed by atoms with E-state index in [1.807, 2.05) is 43.3 Å². The van der Waals surface area contributed by atoms with Crippen LogP contribution in [0, 0.1) is 18.3 Å². The lowest BCUT2D eigenvalue weighted by atomic mass is 10.1. The third kappa shape index (κ3) is 5.25. The number of carbonyl (C=O) groups excluding carboxylic acids is 1. The Morgan fingerprint density at radius 1 is 1.15 bits per heavy atom. The van der Waals surface area contributed by atoms with Crippen molar-refractivity contribution in [3.05, 3.63) is 81.9 Å². The van der Waals surface area contributed by atoms with Gasteiger partial charge in [-0.25, -0.2) is 0 Å². The zero-order chi connectivity index (χ0) is 24.1. The Labute approximate surface area is 202 Å². The number of nitrogens with zero attached hydrogens (tertiary/aromatic N) is 1. The van der Waals surface area contributed by atoms with E-state index in [0.717, 1.165) is 11.1 Å². The second-order valence-corrected chi connectivity index (χ2v) is 7.91. The lowest BCUT2D eigenvalue weighted by Gasteiger charge is -2.14. The predicted molar refractivity (Wildman–Crippen MR) is 128 cm³/mol. The van der Waals surface area contributed by atoms with Gasteiger partial charge in [-0.1, -0.05) is 35.4 Å². The molecule has 0 aromatic heterocycles. The Balaban J connectivity index is 1.51. The molecule has 0 radical (unpaired) electrons. The third-order valence-electron chi connectivity index (χ3n) is 5.06. The van der Waals surface area contributed by atoms with Crippen LogP contribution in [-0.2, 0) is 11.4 Å². The van der Waals surface area contributed by atoms with Gasteiger partial charge in [-0.2, -0.15) is 5.26 Å². The van der Waals surface area contributed by atoms with E-state index >= 15 is 0 Å². The minimum atomic E-state index is -0.524. The van der Waals surface area contributed by atoms with Crippen LogP contribution >= 0.6 is 11.6 Å². The van der Waals surface area contributed by atoms with Gasteiger partial charge in [0.1, 0.15) is 18.2 Å². The molecule has 172 valence electrons. The maximum atomic E-state index is 12.6. The van der Waals surface area contributed by atoms with Crippen LogP contribution in [0.5, 0.6) is 23.0 Å². The number of aryl methyl sites for hydroxylation is 1. The molecule has 1 N–H and O–H groups in total. The van der Waals surface area contributed by atoms with Crippen molar-refractivity contribution in [2.75, 3.05) is 19.2 Å². The molecule has 0 atom stereocenters. The summed E-state index contributed by atoms with van der Waals surface area (Å²) >= 11 is 6.46. The molecule has 0 saturated heterocycles. The van der Waals surface area contributed by atoms with Crippen LogP contribution in [0.2, 0.25) is 5.02 Å². The summed E-state index contributed by atoms with van der Waals surface area (Å²) in [6.07, 6.45) is 1.44. The van der Waals surface area contributed by atoms with E-state index in [2.05, 4.69) is 5.32 Å². The first kappa shape index (κ1) is 23.0. The second-order valence-electron chi connectivity index (χ2n) is 7.50. The standard InChI is InChI=1S/C26H21ClN2O5/c1-16-3-6-20(7-4-16)29-26(30)19(13-28)9-18-10-21(27)25(24(12-18)31-2)32-14-17-5-8-22-23(11-17)34-15-33-22/h3-12H,14-15H2,1-2H3,(H,29,30)/b19-9-. The van der Waals surface area contributed by atoms with Gasteiger partial charge in [0.25, 0.3) is 5.91 Å². The van der Waals surface area contributed by atoms with E-state index in [1.165, 1.54) is 13.2 Å². The number of hydrogen-bond acceptors (Lipinski definition) is 6. The van der Waals surface area contributed by atoms with E-state index in [0.29, 0.717) is 34.2 Å². The topological polar surface area (TPSA) is 89.8 Å². The van der Waals surface area contributed by atoms with Gasteiger partial charge in [-0.3, -0.25) is 4.79 Å². The van der Waals surface area contributed by atoms with Gasteiger partial charge in [-0.15, -0.1) is 0 Å². The van der Waals surface area contributed by atoms with Gasteiger partial charge < -0.3 is 24.3 Å². The molecule has 0 saturated carbocycles. The number of hydrogen-bond donors (Lipinski definition) is 1. The molecular weight excluding hydrogens is 456 g/mol. The minimum absolute atomic E-state index is 0.0762. The van der Waals surface area contributed by atoms with Crippen molar-refractivity contribution in [1.82, 2.24) is 0 Å². The molecule has 1 aliphatic heterocycles. The monoisotopic (exact) mass is 476 g/mol. The molecule has 8 heteroatoms. The summed E-state index contributed by atoms with van der Waals surface area (Å²) in [5.41, 5.74) is 2.97. The molecule has 0 unspecified atom stereocenters. The number of anilines is 1. The van der Waals surface area contributed by atoms with Crippen LogP contribution in [0.25, 0.3) is 6.08 Å². The van der Waals surface area contributed by atoms with Crippen molar-refractivity contribution in [3.8, 4) is 29.1 Å². The summed E-state index contributed by atoms with van der Waals surface area (Å²) in [5, 5.41) is 12.5. The van der Waals surface area contributed by atoms with Crippen LogP contribution in [0.4, 0.5) is 5.69 Å². The molecule has 34 heavy (non-hydrogen) atoms. The average molecular weight is 477 g/mol. The van der Waals surface area contributed by atoms with Gasteiger partial charge in [0, 0.05) is 5.69 Å². The van der Waals surface area contributed by atoms with Crippen LogP contribution in [-0.4, -0.2) is 19.8 Å². The van der Waals surface area contributed by atoms with Crippen molar-refractivity contribution < 1.29 is 23.7 Å². The Kier molecular flexibility index (Phi) is 6.90. The highest BCUT2D eigenvalue weighted by molar-refractivity contribution is 6.32. The van der Waals surface area contributed by atoms with Gasteiger partial charge in [0.2, 0.25) is 6.79 Å². The summed E-state index contributed by atoms with van der Waals surface area (Å²) in [6, 6.07) is 18.0. The zero-order valence-corrected chi connectivity index (χ0v) is 19.3. The highest BCUT2D eigenvalue weighted by atomic mass is 35.5. The predicted octanol–water partition coefficient (Wildman–Crippen LogP) is 5.51. The minimum Gasteiger partial charge on any atom is -0.493 e. The van der Waals surface area contributed by atoms with E-state index in [-0.39, 0.29) is 24.0 Å². The Bertz CT molecular complexity index is 1300. The number of benzene rings is 3. The first-order chi connectivity index (χ1) is 16.5. The number of amides is 1. The molecule has 7 nitrogen and oxygen atoms in total. The van der Waals surface area contributed by atoms with E-state index in [9.17, 15) is 10.1 Å². The number of carbonyl (C=O) groups is 1. The summed E-state index contributed by atoms with van der Waals surface area (Å²) in [4.78, 5) is 12.6. The number of ether oxygens (including phenoxy) is 4. The number of fused-ring (bicyclic) bond motifs is 1. The van der Waals surface area contributed by atoms with Crippen molar-refractivity contribution in [2.24, 2.45) is 0 Å². The molecule has 0 bridgehead atoms. The number of halogens is 1. The molecule has 0 aliphatic carbocycles. The number of methoxy groups -OCH3 is 1. The van der Waals surface area contributed by atoms with Crippen molar-refractivity contribution in [1.29, 1.82) is 5.26 Å². The Morgan fingerprint density at radius 2 is 1.91 bits per heavy atom. The molecule has 3 aromatic carbocycles. The molecule has 0 spiro atoms. The largest absolute Gasteiger partial charge is 0.493 e. The Morgan fingerprint density at radius 3 is 2.65 bits per heavy atom. The highest BCUT2D eigenvalue weighted by Gasteiger charge is 2.16. The fourth-order valence-corrected chi connectivity index (χ4v) is 3.57. The zero-order valence-electron chi connectivity index (χ0n) is 18.6. The number of nitriles is 1. The lowest BCUT2D eigenvalue weighted by Crippen LogP contribution is -2.13. The average Bonchev–Trinajstić information content (AvgIpc) is 3.31. The first-order valence-electron chi connectivity index (χ1n) is 10.4. The SMILES string of the molecule is COc1cc(/C=C(/C#N)C(=O)Nc2ccc(C)cc2)cc(Cl)c1OCc1ccc2c(c1)OCO2. The maximum absolute atomic E-state index is 12.6. The summed E-state index contributed by atoms with van der Waals surface area (Å²) in [5.74, 6) is 1.55. The fraction of sp³-hybridized carbons (Fsp3) is 0.154. The molecule has 1 amide bonds. The van der Waals surface area contributed by atoms with Crippen LogP contribution < -0.4 is 24.3 Å². The maximum Gasteiger partial charge on any atom is 0.266 e. The fourth-order valence-electron chi connectivity index (χ4n) is 3.30. The molecular formula is C26H21ClN2O5. The summed E-state index contributed by atoms with van der Waals surface area (Å²) in [7, 11) is 1.49. The highest BCUT2D eigenvalue weighted by Crippen LogP contribution is 2.38. The van der Waals surface area contributed by atoms with Crippen LogP contribution in [0.15, 0.2) is 60.2 Å². The van der Waals surface area contributed by atoms with Crippen molar-refractivity contribution >= 4 is 29.3 Å². The van der Waals surface area contributed by atoms with Gasteiger partial charge >= 0.3 is 0 Å². The normalized spacial score (nSPS) is 12.1. The van der Waals surface area contributed by atoms with Gasteiger partial charge in [0.05, 0.1) is 12.1 Å². The van der Waals surface area contributed by atoms with E-state index in [1.54, 1.807) is 24.3 Å². The summed E-state index contributed by atoms with van der Waals surface area (Å²) in [6.45, 7) is 2.37. The smallest absolute Gasteiger partial charge is 0.266 e. The quantitative estimate of drug-likeness (QED) is 0.357. The molecule has 1 aliphatic rings. The Hall–Kier alpha value is -4.15. The molecule has 0 fully saturated rings. The van der Waals surface area contributed by atoms with Crippen LogP contribution in [0.1, 0.15) is 16.7 Å². The summed E-state index contributed by atoms with van der Waals surface area (Å²) < 4.78 is 22.1. The molecule has 1 heterocycles. The lowest BCUT2D eigenvalue weighted by molar-refractivity contribution is -0.112. The van der Waals surface area contributed by atoms with Gasteiger partial charge in [-0.05, 0) is 60.5 Å². The first-order valence-corrected chi connectivity index (χ1v) is 10.7. The van der Waals surface area contributed by atoms with Crippen molar-refractivity contribution in [2.45, 2.75) is 13.5 Å². The second kappa shape index (κ2) is 10.2. The van der Waals surface area contributed by atoms with Crippen molar-refractivity contribution in [3.63, 3.8) is 0 Å². The number of nitrogens with one attached hydrogen (secondary N) is 1. The van der Waals surface area contributed by atoms with E-state index in [4.69, 9.17) is 30.5 Å². The van der Waals surface area contributed by atoms with Gasteiger partial charge in [0.15, 0.2) is 23.0 Å². The van der Waals surface area contributed by atoms with E-state index < -0.39 is 5.91 Å². The molecule has 3 aromatic rings. The number of rotatable bonds is 7.